The average Bonchev–Trinajstić information content (AvgIpc) is 2.42. The molecule has 0 aliphatic rings. The van der Waals surface area contributed by atoms with Crippen molar-refractivity contribution in [1.29, 1.82) is 0 Å². The number of carboxylic acid groups (broad SMARTS) is 1. The molecule has 0 aliphatic carbocycles. The SMILES string of the molecule is CN(Cc1ccc(F)c(Cl)c1)c1ccc(C(=O)O)cc1N. The molecule has 2 rings (SSSR count). The molecule has 21 heavy (non-hydrogen) atoms. The van der Waals surface area contributed by atoms with Crippen LogP contribution in [0.3, 0.4) is 0 Å². The Morgan fingerprint density at radius 1 is 1.33 bits per heavy atom. The summed E-state index contributed by atoms with van der Waals surface area (Å²) >= 11 is 5.75. The Labute approximate surface area is 126 Å². The number of carbonyl (C=O) groups is 1. The fraction of sp³-hybridized carbons (Fsp3) is 0.133. The first-order valence-electron chi connectivity index (χ1n) is 6.16. The molecule has 2 aromatic rings. The molecule has 6 heteroatoms. The number of rotatable bonds is 4. The minimum atomic E-state index is -1.03. The maximum atomic E-state index is 13.1. The number of nitrogens with two attached hydrogens (primary N) is 1. The molecule has 0 saturated heterocycles. The van der Waals surface area contributed by atoms with Crippen molar-refractivity contribution in [3.05, 3.63) is 58.4 Å². The lowest BCUT2D eigenvalue weighted by Gasteiger charge is -2.21. The van der Waals surface area contributed by atoms with Gasteiger partial charge in [-0.2, -0.15) is 0 Å². The Balaban J connectivity index is 2.21. The van der Waals surface area contributed by atoms with Crippen LogP contribution < -0.4 is 10.6 Å². The van der Waals surface area contributed by atoms with Crippen molar-refractivity contribution < 1.29 is 14.3 Å². The van der Waals surface area contributed by atoms with Crippen LogP contribution in [0.5, 0.6) is 0 Å². The second-order valence-corrected chi connectivity index (χ2v) is 5.09. The third-order valence-electron chi connectivity index (χ3n) is 3.09. The van der Waals surface area contributed by atoms with E-state index in [1.165, 1.54) is 18.2 Å². The Morgan fingerprint density at radius 3 is 2.62 bits per heavy atom. The van der Waals surface area contributed by atoms with Crippen LogP contribution in [0.2, 0.25) is 5.02 Å². The number of nitrogens with zero attached hydrogens (tertiary/aromatic N) is 1. The quantitative estimate of drug-likeness (QED) is 0.850. The summed E-state index contributed by atoms with van der Waals surface area (Å²) in [6.45, 7) is 0.469. The second-order valence-electron chi connectivity index (χ2n) is 4.68. The molecule has 3 N–H and O–H groups in total. The van der Waals surface area contributed by atoms with Gasteiger partial charge in [0, 0.05) is 13.6 Å². The monoisotopic (exact) mass is 308 g/mol. The molecule has 0 heterocycles. The molecule has 0 saturated carbocycles. The number of anilines is 2. The highest BCUT2D eigenvalue weighted by molar-refractivity contribution is 6.30. The summed E-state index contributed by atoms with van der Waals surface area (Å²) < 4.78 is 13.1. The lowest BCUT2D eigenvalue weighted by atomic mass is 10.1. The van der Waals surface area contributed by atoms with E-state index in [0.717, 1.165) is 5.56 Å². The van der Waals surface area contributed by atoms with Crippen LogP contribution in [0.25, 0.3) is 0 Å². The van der Waals surface area contributed by atoms with Gasteiger partial charge in [0.15, 0.2) is 0 Å². The summed E-state index contributed by atoms with van der Waals surface area (Å²) in [6.07, 6.45) is 0. The van der Waals surface area contributed by atoms with Crippen LogP contribution in [-0.2, 0) is 6.54 Å². The van der Waals surface area contributed by atoms with E-state index in [2.05, 4.69) is 0 Å². The molecule has 0 bridgehead atoms. The van der Waals surface area contributed by atoms with Crippen LogP contribution in [0, 0.1) is 5.82 Å². The number of nitrogen functional groups attached to an aromatic ring is 1. The highest BCUT2D eigenvalue weighted by Crippen LogP contribution is 2.25. The minimum absolute atomic E-state index is 0.0649. The van der Waals surface area contributed by atoms with Crippen molar-refractivity contribution in [2.45, 2.75) is 6.54 Å². The molecular formula is C15H14ClFN2O2. The molecule has 110 valence electrons. The zero-order chi connectivity index (χ0) is 15.6. The Bertz CT molecular complexity index is 691. The second kappa shape index (κ2) is 6.01. The largest absolute Gasteiger partial charge is 0.478 e. The number of hydrogen-bond acceptors (Lipinski definition) is 3. The topological polar surface area (TPSA) is 66.6 Å². The molecule has 0 amide bonds. The summed E-state index contributed by atoms with van der Waals surface area (Å²) in [5.74, 6) is -1.49. The zero-order valence-electron chi connectivity index (χ0n) is 11.3. The molecule has 0 atom stereocenters. The van der Waals surface area contributed by atoms with Crippen molar-refractivity contribution in [2.24, 2.45) is 0 Å². The van der Waals surface area contributed by atoms with Gasteiger partial charge in [-0.1, -0.05) is 17.7 Å². The number of hydrogen-bond donors (Lipinski definition) is 2. The highest BCUT2D eigenvalue weighted by Gasteiger charge is 2.10. The van der Waals surface area contributed by atoms with E-state index in [-0.39, 0.29) is 10.6 Å². The van der Waals surface area contributed by atoms with Gasteiger partial charge >= 0.3 is 5.97 Å². The third kappa shape index (κ3) is 3.44. The predicted molar refractivity (Wildman–Crippen MR) is 81.3 cm³/mol. The van der Waals surface area contributed by atoms with Crippen LogP contribution >= 0.6 is 11.6 Å². The molecular weight excluding hydrogens is 295 g/mol. The first-order chi connectivity index (χ1) is 9.88. The third-order valence-corrected chi connectivity index (χ3v) is 3.38. The van der Waals surface area contributed by atoms with E-state index in [1.807, 2.05) is 11.9 Å². The van der Waals surface area contributed by atoms with E-state index in [0.29, 0.717) is 17.9 Å². The summed E-state index contributed by atoms with van der Waals surface area (Å²) in [5, 5.41) is 8.98. The number of carboxylic acids is 1. The van der Waals surface area contributed by atoms with Gasteiger partial charge in [-0.3, -0.25) is 0 Å². The van der Waals surface area contributed by atoms with Crippen LogP contribution in [0.4, 0.5) is 15.8 Å². The van der Waals surface area contributed by atoms with Gasteiger partial charge in [-0.25, -0.2) is 9.18 Å². The normalized spacial score (nSPS) is 10.4. The van der Waals surface area contributed by atoms with Gasteiger partial charge in [0.1, 0.15) is 5.82 Å². The van der Waals surface area contributed by atoms with E-state index in [1.54, 1.807) is 18.2 Å². The van der Waals surface area contributed by atoms with Crippen molar-refractivity contribution in [2.75, 3.05) is 17.7 Å². The Hall–Kier alpha value is -2.27. The number of benzene rings is 2. The highest BCUT2D eigenvalue weighted by atomic mass is 35.5. The van der Waals surface area contributed by atoms with E-state index in [9.17, 15) is 9.18 Å². The summed E-state index contributed by atoms with van der Waals surface area (Å²) in [7, 11) is 1.81. The number of halogens is 2. The maximum Gasteiger partial charge on any atom is 0.335 e. The molecule has 4 nitrogen and oxygen atoms in total. The molecule has 0 fully saturated rings. The molecule has 0 unspecified atom stereocenters. The zero-order valence-corrected chi connectivity index (χ0v) is 12.1. The van der Waals surface area contributed by atoms with E-state index < -0.39 is 11.8 Å². The minimum Gasteiger partial charge on any atom is -0.478 e. The van der Waals surface area contributed by atoms with Crippen molar-refractivity contribution in [3.63, 3.8) is 0 Å². The summed E-state index contributed by atoms with van der Waals surface area (Å²) in [4.78, 5) is 12.7. The first kappa shape index (κ1) is 15.1. The summed E-state index contributed by atoms with van der Waals surface area (Å²) in [6, 6.07) is 9.04. The fourth-order valence-electron chi connectivity index (χ4n) is 2.03. The van der Waals surface area contributed by atoms with Gasteiger partial charge in [-0.05, 0) is 35.9 Å². The van der Waals surface area contributed by atoms with E-state index in [4.69, 9.17) is 22.4 Å². The number of aromatic carboxylic acids is 1. The van der Waals surface area contributed by atoms with Crippen LogP contribution in [0.15, 0.2) is 36.4 Å². The van der Waals surface area contributed by atoms with Gasteiger partial charge in [-0.15, -0.1) is 0 Å². The van der Waals surface area contributed by atoms with Crippen molar-refractivity contribution in [3.8, 4) is 0 Å². The molecule has 0 radical (unpaired) electrons. The lowest BCUT2D eigenvalue weighted by molar-refractivity contribution is 0.0697. The Morgan fingerprint density at radius 2 is 2.05 bits per heavy atom. The van der Waals surface area contributed by atoms with Gasteiger partial charge in [0.2, 0.25) is 0 Å². The fourth-order valence-corrected chi connectivity index (χ4v) is 2.24. The molecule has 2 aromatic carbocycles. The smallest absolute Gasteiger partial charge is 0.335 e. The Kier molecular flexibility index (Phi) is 4.33. The predicted octanol–water partition coefficient (Wildman–Crippen LogP) is 3.40. The first-order valence-corrected chi connectivity index (χ1v) is 6.54. The van der Waals surface area contributed by atoms with Crippen LogP contribution in [0.1, 0.15) is 15.9 Å². The summed E-state index contributed by atoms with van der Waals surface area (Å²) in [5.41, 5.74) is 7.90. The van der Waals surface area contributed by atoms with Crippen molar-refractivity contribution >= 4 is 28.9 Å². The maximum absolute atomic E-state index is 13.1. The van der Waals surface area contributed by atoms with Gasteiger partial charge < -0.3 is 15.7 Å². The standard InChI is InChI=1S/C15H14ClFN2O2/c1-19(8-9-2-4-12(17)11(16)6-9)14-5-3-10(15(20)21)7-13(14)18/h2-7H,8,18H2,1H3,(H,20,21). The van der Waals surface area contributed by atoms with Crippen LogP contribution in [-0.4, -0.2) is 18.1 Å². The van der Waals surface area contributed by atoms with Gasteiger partial charge in [0.05, 0.1) is 22.0 Å². The average molecular weight is 309 g/mol. The van der Waals surface area contributed by atoms with Crippen molar-refractivity contribution in [1.82, 2.24) is 0 Å². The molecule has 0 aromatic heterocycles. The van der Waals surface area contributed by atoms with E-state index >= 15 is 0 Å². The molecule has 0 spiro atoms. The molecule has 0 aliphatic heterocycles. The lowest BCUT2D eigenvalue weighted by Crippen LogP contribution is -2.18. The van der Waals surface area contributed by atoms with Gasteiger partial charge in [0.25, 0.3) is 0 Å².